The highest BCUT2D eigenvalue weighted by Gasteiger charge is 2.17. The van der Waals surface area contributed by atoms with E-state index in [2.05, 4.69) is 31.4 Å². The minimum Gasteiger partial charge on any atom is -0.330 e. The van der Waals surface area contributed by atoms with E-state index >= 15 is 0 Å². The fourth-order valence-electron chi connectivity index (χ4n) is 2.39. The van der Waals surface area contributed by atoms with Crippen molar-refractivity contribution in [2.45, 2.75) is 10.8 Å². The Hall–Kier alpha value is -2.48. The summed E-state index contributed by atoms with van der Waals surface area (Å²) in [6, 6.07) is 15.3. The topological polar surface area (TPSA) is 81.9 Å². The minimum absolute atomic E-state index is 0.133. The lowest BCUT2D eigenvalue weighted by molar-refractivity contribution is -0.116. The normalized spacial score (nSPS) is 10.4. The van der Waals surface area contributed by atoms with Crippen LogP contribution in [0.4, 0.5) is 20.9 Å². The molecule has 1 N–H and O–H groups in total. The quantitative estimate of drug-likeness (QED) is 0.434. The maximum atomic E-state index is 13.2. The Morgan fingerprint density at radius 1 is 1.28 bits per heavy atom. The molecule has 0 saturated carbocycles. The van der Waals surface area contributed by atoms with Crippen LogP contribution in [0, 0.1) is 17.1 Å². The zero-order chi connectivity index (χ0) is 20.6. The Morgan fingerprint density at radius 2 is 2.07 bits per heavy atom. The molecule has 0 aliphatic carbocycles. The Bertz CT molecular complexity index is 1020. The number of benzene rings is 2. The average Bonchev–Trinajstić information content (AvgIpc) is 3.15. The van der Waals surface area contributed by atoms with Gasteiger partial charge in [0.1, 0.15) is 5.82 Å². The molecule has 0 fully saturated rings. The number of nitriles is 1. The summed E-state index contributed by atoms with van der Waals surface area (Å²) in [6.07, 6.45) is 0.188. The third-order valence-corrected chi connectivity index (χ3v) is 6.14. The van der Waals surface area contributed by atoms with Crippen molar-refractivity contribution in [3.05, 3.63) is 58.8 Å². The summed E-state index contributed by atoms with van der Waals surface area (Å²) in [5.74, 6) is -0.433. The van der Waals surface area contributed by atoms with Crippen LogP contribution in [0.3, 0.4) is 0 Å². The van der Waals surface area contributed by atoms with E-state index in [0.29, 0.717) is 15.2 Å². The van der Waals surface area contributed by atoms with E-state index in [1.807, 2.05) is 30.3 Å². The second kappa shape index (κ2) is 10.3. The molecule has 0 spiro atoms. The fourth-order valence-corrected chi connectivity index (χ4v) is 4.44. The number of rotatable bonds is 8. The summed E-state index contributed by atoms with van der Waals surface area (Å²) in [7, 11) is 0. The van der Waals surface area contributed by atoms with Gasteiger partial charge in [-0.25, -0.2) is 4.39 Å². The van der Waals surface area contributed by atoms with Gasteiger partial charge >= 0.3 is 0 Å². The van der Waals surface area contributed by atoms with Crippen LogP contribution in [0.1, 0.15) is 6.42 Å². The molecule has 1 heterocycles. The Morgan fingerprint density at radius 3 is 2.79 bits per heavy atom. The SMILES string of the molecule is N#CCCN(C(=O)CSc1nnc(Nc2cccc(Br)c2)s1)c1ccc(F)cc1. The number of thioether (sulfide) groups is 1. The van der Waals surface area contributed by atoms with Crippen LogP contribution in [0.15, 0.2) is 57.3 Å². The number of carbonyl (C=O) groups excluding carboxylic acids is 1. The molecular formula is C19H15BrFN5OS2. The summed E-state index contributed by atoms with van der Waals surface area (Å²) < 4.78 is 14.8. The van der Waals surface area contributed by atoms with Crippen LogP contribution < -0.4 is 10.2 Å². The molecule has 6 nitrogen and oxygen atoms in total. The van der Waals surface area contributed by atoms with Crippen molar-refractivity contribution >= 4 is 61.4 Å². The van der Waals surface area contributed by atoms with E-state index in [9.17, 15) is 9.18 Å². The molecule has 2 aromatic carbocycles. The molecule has 29 heavy (non-hydrogen) atoms. The van der Waals surface area contributed by atoms with E-state index in [1.165, 1.54) is 52.3 Å². The van der Waals surface area contributed by atoms with Gasteiger partial charge in [0.25, 0.3) is 0 Å². The van der Waals surface area contributed by atoms with Gasteiger partial charge in [0.15, 0.2) is 4.34 Å². The number of amides is 1. The van der Waals surface area contributed by atoms with Crippen LogP contribution in [-0.2, 0) is 4.79 Å². The molecule has 0 saturated heterocycles. The summed E-state index contributed by atoms with van der Waals surface area (Å²) in [4.78, 5) is 14.2. The standard InChI is InChI=1S/C19H15BrFN5OS2/c20-13-3-1-4-15(11-13)23-18-24-25-19(29-18)28-12-17(27)26(10-2-9-22)16-7-5-14(21)6-8-16/h1,3-8,11H,2,10,12H2,(H,23,24). The van der Waals surface area contributed by atoms with Crippen molar-refractivity contribution in [3.8, 4) is 6.07 Å². The predicted octanol–water partition coefficient (Wildman–Crippen LogP) is 5.22. The second-order valence-corrected chi connectivity index (χ2v) is 8.84. The van der Waals surface area contributed by atoms with Gasteiger partial charge < -0.3 is 10.2 Å². The maximum absolute atomic E-state index is 13.2. The van der Waals surface area contributed by atoms with Crippen molar-refractivity contribution in [1.29, 1.82) is 5.26 Å². The number of hydrogen-bond donors (Lipinski definition) is 1. The smallest absolute Gasteiger partial charge is 0.237 e. The van der Waals surface area contributed by atoms with Gasteiger partial charge in [-0.1, -0.05) is 45.1 Å². The number of carbonyl (C=O) groups is 1. The van der Waals surface area contributed by atoms with Crippen molar-refractivity contribution in [2.24, 2.45) is 0 Å². The van der Waals surface area contributed by atoms with E-state index in [-0.39, 0.29) is 30.4 Å². The van der Waals surface area contributed by atoms with E-state index in [0.717, 1.165) is 10.2 Å². The lowest BCUT2D eigenvalue weighted by Crippen LogP contribution is -2.33. The highest BCUT2D eigenvalue weighted by molar-refractivity contribution is 9.10. The van der Waals surface area contributed by atoms with E-state index in [4.69, 9.17) is 5.26 Å². The highest BCUT2D eigenvalue weighted by atomic mass is 79.9. The van der Waals surface area contributed by atoms with Gasteiger partial charge in [-0.15, -0.1) is 10.2 Å². The molecule has 3 aromatic rings. The van der Waals surface area contributed by atoms with Crippen LogP contribution >= 0.6 is 39.0 Å². The monoisotopic (exact) mass is 491 g/mol. The van der Waals surface area contributed by atoms with Crippen molar-refractivity contribution < 1.29 is 9.18 Å². The van der Waals surface area contributed by atoms with Gasteiger partial charge in [0.05, 0.1) is 18.2 Å². The van der Waals surface area contributed by atoms with Crippen molar-refractivity contribution in [1.82, 2.24) is 10.2 Å². The first-order chi connectivity index (χ1) is 14.0. The van der Waals surface area contributed by atoms with Crippen molar-refractivity contribution in [2.75, 3.05) is 22.5 Å². The zero-order valence-electron chi connectivity index (χ0n) is 15.0. The van der Waals surface area contributed by atoms with Crippen LogP contribution in [0.25, 0.3) is 0 Å². The predicted molar refractivity (Wildman–Crippen MR) is 117 cm³/mol. The molecule has 0 radical (unpaired) electrons. The summed E-state index contributed by atoms with van der Waals surface area (Å²) in [6.45, 7) is 0.243. The number of nitrogens with zero attached hydrogens (tertiary/aromatic N) is 4. The summed E-state index contributed by atoms with van der Waals surface area (Å²) in [5, 5.41) is 20.8. The Kier molecular flexibility index (Phi) is 7.57. The first-order valence-corrected chi connectivity index (χ1v) is 11.1. The summed E-state index contributed by atoms with van der Waals surface area (Å²) >= 11 is 6.03. The number of aromatic nitrogens is 2. The number of anilines is 3. The third kappa shape index (κ3) is 6.25. The zero-order valence-corrected chi connectivity index (χ0v) is 18.2. The molecule has 0 unspecified atom stereocenters. The van der Waals surface area contributed by atoms with E-state index < -0.39 is 0 Å². The molecule has 10 heteroatoms. The fraction of sp³-hybridized carbons (Fsp3) is 0.158. The lowest BCUT2D eigenvalue weighted by Gasteiger charge is -2.21. The molecule has 0 atom stereocenters. The molecule has 0 aliphatic rings. The Balaban J connectivity index is 1.61. The number of halogens is 2. The van der Waals surface area contributed by atoms with Crippen LogP contribution in [0.5, 0.6) is 0 Å². The summed E-state index contributed by atoms with van der Waals surface area (Å²) in [5.41, 5.74) is 1.43. The second-order valence-electron chi connectivity index (χ2n) is 5.73. The van der Waals surface area contributed by atoms with Crippen LogP contribution in [0.2, 0.25) is 0 Å². The third-order valence-electron chi connectivity index (χ3n) is 3.69. The minimum atomic E-state index is -0.379. The van der Waals surface area contributed by atoms with Crippen molar-refractivity contribution in [3.63, 3.8) is 0 Å². The Labute approximate surface area is 183 Å². The number of hydrogen-bond acceptors (Lipinski definition) is 7. The van der Waals surface area contributed by atoms with Gasteiger partial charge in [-0.3, -0.25) is 4.79 Å². The molecule has 0 bridgehead atoms. The average molecular weight is 492 g/mol. The van der Waals surface area contributed by atoms with E-state index in [1.54, 1.807) is 0 Å². The van der Waals surface area contributed by atoms with Gasteiger partial charge in [0, 0.05) is 22.4 Å². The molecule has 3 rings (SSSR count). The molecular weight excluding hydrogens is 477 g/mol. The van der Waals surface area contributed by atoms with Gasteiger partial charge in [-0.05, 0) is 42.5 Å². The maximum Gasteiger partial charge on any atom is 0.237 e. The molecule has 0 aliphatic heterocycles. The van der Waals surface area contributed by atoms with Crippen LogP contribution in [-0.4, -0.2) is 28.4 Å². The molecule has 1 amide bonds. The van der Waals surface area contributed by atoms with Gasteiger partial charge in [0.2, 0.25) is 11.0 Å². The first-order valence-electron chi connectivity index (χ1n) is 8.47. The van der Waals surface area contributed by atoms with Gasteiger partial charge in [-0.2, -0.15) is 5.26 Å². The largest absolute Gasteiger partial charge is 0.330 e. The molecule has 1 aromatic heterocycles. The first kappa shape index (κ1) is 21.2. The lowest BCUT2D eigenvalue weighted by atomic mass is 10.2. The highest BCUT2D eigenvalue weighted by Crippen LogP contribution is 2.29. The molecule has 148 valence electrons. The number of nitrogens with one attached hydrogen (secondary N) is 1.